The summed E-state index contributed by atoms with van der Waals surface area (Å²) in [5.41, 5.74) is 7.62. The standard InChI is InChI=1S/C43H29N3OS/c1-3-11-26(12-4-1)41-44-42(27-13-5-2-6-14-27)46-43(45-41)35-20-10-19-34-33-18-9-17-31(39(33)48-40(34)35)30-21-22-32-36-23-28-15-7-8-16-29(28)24-38(36)47-37(32)25-30/h1-25,41,43,45H,(H,44,46). The van der Waals surface area contributed by atoms with Crippen LogP contribution in [0.15, 0.2) is 161 Å². The highest BCUT2D eigenvalue weighted by molar-refractivity contribution is 7.26. The number of hydrogen-bond acceptors (Lipinski definition) is 5. The Bertz CT molecular complexity index is 2690. The Morgan fingerprint density at radius 1 is 0.542 bits per heavy atom. The van der Waals surface area contributed by atoms with Gasteiger partial charge in [0.2, 0.25) is 0 Å². The van der Waals surface area contributed by atoms with Crippen molar-refractivity contribution in [2.45, 2.75) is 12.3 Å². The Morgan fingerprint density at radius 2 is 1.25 bits per heavy atom. The molecule has 48 heavy (non-hydrogen) atoms. The molecule has 0 spiro atoms. The van der Waals surface area contributed by atoms with Crippen LogP contribution >= 0.6 is 11.3 Å². The Morgan fingerprint density at radius 3 is 2.08 bits per heavy atom. The second kappa shape index (κ2) is 10.9. The van der Waals surface area contributed by atoms with E-state index >= 15 is 0 Å². The van der Waals surface area contributed by atoms with E-state index in [0.717, 1.165) is 44.5 Å². The average molecular weight is 636 g/mol. The summed E-state index contributed by atoms with van der Waals surface area (Å²) in [5.74, 6) is 0.888. The lowest BCUT2D eigenvalue weighted by atomic mass is 10.00. The molecule has 2 atom stereocenters. The highest BCUT2D eigenvalue weighted by Gasteiger charge is 2.27. The number of nitrogens with zero attached hydrogens (tertiary/aromatic N) is 1. The molecule has 3 heterocycles. The minimum atomic E-state index is -0.180. The van der Waals surface area contributed by atoms with Gasteiger partial charge in [0, 0.05) is 42.1 Å². The van der Waals surface area contributed by atoms with Crippen molar-refractivity contribution < 1.29 is 4.42 Å². The first kappa shape index (κ1) is 27.4. The second-order valence-electron chi connectivity index (χ2n) is 12.4. The largest absolute Gasteiger partial charge is 0.456 e. The third kappa shape index (κ3) is 4.43. The molecule has 5 heteroatoms. The molecule has 4 nitrogen and oxygen atoms in total. The molecule has 2 N–H and O–H groups in total. The summed E-state index contributed by atoms with van der Waals surface area (Å²) in [6.07, 6.45) is -0.313. The van der Waals surface area contributed by atoms with Gasteiger partial charge in [-0.05, 0) is 51.7 Å². The summed E-state index contributed by atoms with van der Waals surface area (Å²) in [6.45, 7) is 0. The zero-order chi connectivity index (χ0) is 31.6. The SMILES string of the molecule is c1ccc(C2=NC(c3ccccc3)NC(c3cccc4c3sc3c(-c5ccc6c(c5)oc5cc7ccccc7cc56)cccc34)N2)cc1. The van der Waals surface area contributed by atoms with Gasteiger partial charge in [0.1, 0.15) is 29.3 Å². The lowest BCUT2D eigenvalue weighted by Crippen LogP contribution is -2.45. The minimum absolute atomic E-state index is 0.134. The van der Waals surface area contributed by atoms with E-state index in [1.165, 1.54) is 42.1 Å². The van der Waals surface area contributed by atoms with Gasteiger partial charge in [-0.2, -0.15) is 0 Å². The van der Waals surface area contributed by atoms with E-state index in [1.54, 1.807) is 0 Å². The first-order chi connectivity index (χ1) is 23.8. The Hall–Kier alpha value is -5.75. The third-order valence-corrected chi connectivity index (χ3v) is 10.8. The zero-order valence-electron chi connectivity index (χ0n) is 25.9. The van der Waals surface area contributed by atoms with Crippen LogP contribution in [0.2, 0.25) is 0 Å². The number of aliphatic imine (C=N–C) groups is 1. The molecule has 10 rings (SSSR count). The summed E-state index contributed by atoms with van der Waals surface area (Å²) >= 11 is 1.86. The molecule has 228 valence electrons. The monoisotopic (exact) mass is 635 g/mol. The fraction of sp³-hybridized carbons (Fsp3) is 0.0465. The summed E-state index contributed by atoms with van der Waals surface area (Å²) in [4.78, 5) is 5.12. The lowest BCUT2D eigenvalue weighted by molar-refractivity contribution is 0.411. The van der Waals surface area contributed by atoms with E-state index in [-0.39, 0.29) is 12.3 Å². The topological polar surface area (TPSA) is 49.6 Å². The molecule has 1 aliphatic rings. The molecule has 0 bridgehead atoms. The average Bonchev–Trinajstić information content (AvgIpc) is 3.72. The minimum Gasteiger partial charge on any atom is -0.456 e. The predicted molar refractivity (Wildman–Crippen MR) is 201 cm³/mol. The van der Waals surface area contributed by atoms with Crippen LogP contribution in [-0.4, -0.2) is 5.84 Å². The Labute approximate surface area is 281 Å². The molecule has 0 radical (unpaired) electrons. The van der Waals surface area contributed by atoms with Crippen LogP contribution in [0.1, 0.15) is 29.0 Å². The van der Waals surface area contributed by atoms with Gasteiger partial charge in [0.05, 0.1) is 0 Å². The number of amidine groups is 1. The molecule has 0 amide bonds. The predicted octanol–water partition coefficient (Wildman–Crippen LogP) is 11.1. The Balaban J connectivity index is 1.10. The van der Waals surface area contributed by atoms with Crippen molar-refractivity contribution in [3.05, 3.63) is 168 Å². The fourth-order valence-corrected chi connectivity index (χ4v) is 8.57. The van der Waals surface area contributed by atoms with Crippen molar-refractivity contribution in [1.29, 1.82) is 0 Å². The fourth-order valence-electron chi connectivity index (χ4n) is 7.19. The van der Waals surface area contributed by atoms with Crippen molar-refractivity contribution >= 4 is 70.1 Å². The highest BCUT2D eigenvalue weighted by atomic mass is 32.1. The molecular weight excluding hydrogens is 607 g/mol. The zero-order valence-corrected chi connectivity index (χ0v) is 26.7. The number of fused-ring (bicyclic) bond motifs is 7. The van der Waals surface area contributed by atoms with Crippen molar-refractivity contribution in [3.63, 3.8) is 0 Å². The number of nitrogens with one attached hydrogen (secondary N) is 2. The number of thiophene rings is 1. The summed E-state index contributed by atoms with van der Waals surface area (Å²) < 4.78 is 9.00. The molecule has 7 aromatic carbocycles. The van der Waals surface area contributed by atoms with Gasteiger partial charge >= 0.3 is 0 Å². The smallest absolute Gasteiger partial charge is 0.136 e. The van der Waals surface area contributed by atoms with Gasteiger partial charge in [-0.15, -0.1) is 11.3 Å². The molecule has 0 saturated carbocycles. The number of furan rings is 1. The molecule has 2 unspecified atom stereocenters. The summed E-state index contributed by atoms with van der Waals surface area (Å²) in [5, 5.41) is 14.8. The molecule has 0 fully saturated rings. The van der Waals surface area contributed by atoms with Crippen LogP contribution in [0.4, 0.5) is 0 Å². The van der Waals surface area contributed by atoms with Crippen LogP contribution < -0.4 is 10.6 Å². The molecule has 0 saturated heterocycles. The molecule has 2 aromatic heterocycles. The van der Waals surface area contributed by atoms with Gasteiger partial charge in [-0.3, -0.25) is 5.32 Å². The third-order valence-electron chi connectivity index (χ3n) is 9.54. The number of rotatable bonds is 4. The Kier molecular flexibility index (Phi) is 6.22. The van der Waals surface area contributed by atoms with Gasteiger partial charge in [0.15, 0.2) is 0 Å². The van der Waals surface area contributed by atoms with Crippen LogP contribution in [0.3, 0.4) is 0 Å². The van der Waals surface area contributed by atoms with Crippen molar-refractivity contribution in [1.82, 2.24) is 10.6 Å². The second-order valence-corrected chi connectivity index (χ2v) is 13.4. The van der Waals surface area contributed by atoms with Crippen molar-refractivity contribution in [2.24, 2.45) is 4.99 Å². The molecular formula is C43H29N3OS. The first-order valence-electron chi connectivity index (χ1n) is 16.3. The van der Waals surface area contributed by atoms with E-state index in [4.69, 9.17) is 9.41 Å². The number of hydrogen-bond donors (Lipinski definition) is 2. The summed E-state index contributed by atoms with van der Waals surface area (Å²) in [7, 11) is 0. The van der Waals surface area contributed by atoms with Gasteiger partial charge < -0.3 is 9.73 Å². The lowest BCUT2D eigenvalue weighted by Gasteiger charge is -2.32. The van der Waals surface area contributed by atoms with Gasteiger partial charge in [0.25, 0.3) is 0 Å². The maximum atomic E-state index is 6.46. The quantitative estimate of drug-likeness (QED) is 0.202. The van der Waals surface area contributed by atoms with Crippen molar-refractivity contribution in [2.75, 3.05) is 0 Å². The first-order valence-corrected chi connectivity index (χ1v) is 17.1. The van der Waals surface area contributed by atoms with Crippen LogP contribution in [0.25, 0.3) is 64.0 Å². The van der Waals surface area contributed by atoms with Gasteiger partial charge in [-0.1, -0.05) is 127 Å². The highest BCUT2D eigenvalue weighted by Crippen LogP contribution is 2.44. The molecule has 9 aromatic rings. The number of benzene rings is 7. The van der Waals surface area contributed by atoms with Crippen molar-refractivity contribution in [3.8, 4) is 11.1 Å². The molecule has 1 aliphatic heterocycles. The van der Waals surface area contributed by atoms with Crippen LogP contribution in [-0.2, 0) is 0 Å². The maximum absolute atomic E-state index is 6.46. The molecule has 0 aliphatic carbocycles. The van der Waals surface area contributed by atoms with E-state index in [1.807, 2.05) is 23.5 Å². The van der Waals surface area contributed by atoms with Crippen LogP contribution in [0, 0.1) is 0 Å². The summed E-state index contributed by atoms with van der Waals surface area (Å²) in [6, 6.07) is 53.7. The van der Waals surface area contributed by atoms with E-state index in [2.05, 4.69) is 150 Å². The van der Waals surface area contributed by atoms with Crippen LogP contribution in [0.5, 0.6) is 0 Å². The van der Waals surface area contributed by atoms with E-state index in [0.29, 0.717) is 0 Å². The van der Waals surface area contributed by atoms with E-state index in [9.17, 15) is 0 Å². The maximum Gasteiger partial charge on any atom is 0.136 e. The normalized spacial score (nSPS) is 16.5. The van der Waals surface area contributed by atoms with E-state index < -0.39 is 0 Å². The van der Waals surface area contributed by atoms with Gasteiger partial charge in [-0.25, -0.2) is 4.99 Å².